The maximum atomic E-state index is 12.1. The predicted octanol–water partition coefficient (Wildman–Crippen LogP) is 2.14. The summed E-state index contributed by atoms with van der Waals surface area (Å²) in [6, 6.07) is 9.01. The third-order valence-electron chi connectivity index (χ3n) is 3.02. The zero-order valence-electron chi connectivity index (χ0n) is 10.6. The molecule has 2 aromatic heterocycles. The van der Waals surface area contributed by atoms with E-state index in [1.165, 1.54) is 0 Å². The van der Waals surface area contributed by atoms with E-state index in [1.54, 1.807) is 35.5 Å². The molecule has 20 heavy (non-hydrogen) atoms. The molecule has 0 saturated carbocycles. The minimum Gasteiger partial charge on any atom is -0.470 e. The number of likely N-dealkylation sites (tertiary alicyclic amines) is 1. The van der Waals surface area contributed by atoms with Crippen LogP contribution in [0.2, 0.25) is 0 Å². The monoisotopic (exact) mass is 333 g/mol. The van der Waals surface area contributed by atoms with Crippen LogP contribution in [0.25, 0.3) is 0 Å². The first kappa shape index (κ1) is 13.1. The highest BCUT2D eigenvalue weighted by atomic mass is 79.9. The Hall–Kier alpha value is -1.95. The van der Waals surface area contributed by atoms with Gasteiger partial charge in [0.15, 0.2) is 0 Å². The normalized spacial score (nSPS) is 14.8. The van der Waals surface area contributed by atoms with Crippen LogP contribution in [0.4, 0.5) is 0 Å². The van der Waals surface area contributed by atoms with Gasteiger partial charge in [0.2, 0.25) is 5.88 Å². The van der Waals surface area contributed by atoms with Crippen LogP contribution >= 0.6 is 15.9 Å². The van der Waals surface area contributed by atoms with Crippen LogP contribution in [-0.2, 0) is 0 Å². The highest BCUT2D eigenvalue weighted by Gasteiger charge is 2.33. The zero-order chi connectivity index (χ0) is 13.9. The van der Waals surface area contributed by atoms with E-state index in [0.717, 1.165) is 4.47 Å². The van der Waals surface area contributed by atoms with E-state index in [1.807, 2.05) is 12.1 Å². The number of aromatic nitrogens is 2. The molecule has 1 saturated heterocycles. The SMILES string of the molecule is O=C(c1ccccn1)N1CC(Oc2ncccc2Br)C1. The Balaban J connectivity index is 1.57. The predicted molar refractivity (Wildman–Crippen MR) is 76.5 cm³/mol. The summed E-state index contributed by atoms with van der Waals surface area (Å²) in [7, 11) is 0. The molecule has 102 valence electrons. The van der Waals surface area contributed by atoms with E-state index in [-0.39, 0.29) is 12.0 Å². The van der Waals surface area contributed by atoms with Crippen LogP contribution < -0.4 is 4.74 Å². The Labute approximate surface area is 124 Å². The van der Waals surface area contributed by atoms with E-state index in [9.17, 15) is 4.79 Å². The highest BCUT2D eigenvalue weighted by Crippen LogP contribution is 2.24. The number of halogens is 1. The molecule has 0 radical (unpaired) electrons. The van der Waals surface area contributed by atoms with Gasteiger partial charge < -0.3 is 9.64 Å². The summed E-state index contributed by atoms with van der Waals surface area (Å²) >= 11 is 3.38. The van der Waals surface area contributed by atoms with Gasteiger partial charge in [0.25, 0.3) is 5.91 Å². The Morgan fingerprint density at radius 2 is 2.00 bits per heavy atom. The molecular formula is C14H12BrN3O2. The van der Waals surface area contributed by atoms with Crippen LogP contribution in [0.5, 0.6) is 5.88 Å². The lowest BCUT2D eigenvalue weighted by Gasteiger charge is -2.38. The van der Waals surface area contributed by atoms with Gasteiger partial charge >= 0.3 is 0 Å². The van der Waals surface area contributed by atoms with E-state index in [2.05, 4.69) is 25.9 Å². The lowest BCUT2D eigenvalue weighted by molar-refractivity contribution is 0.0152. The minimum absolute atomic E-state index is 0.0196. The van der Waals surface area contributed by atoms with Crippen molar-refractivity contribution in [3.63, 3.8) is 0 Å². The summed E-state index contributed by atoms with van der Waals surface area (Å²) in [5, 5.41) is 0. The van der Waals surface area contributed by atoms with Crippen LogP contribution in [0.15, 0.2) is 47.2 Å². The van der Waals surface area contributed by atoms with Crippen LogP contribution in [-0.4, -0.2) is 40.0 Å². The average molecular weight is 334 g/mol. The molecule has 0 N–H and O–H groups in total. The van der Waals surface area contributed by atoms with Gasteiger partial charge in [-0.3, -0.25) is 9.78 Å². The smallest absolute Gasteiger partial charge is 0.272 e. The number of ether oxygens (including phenoxy) is 1. The number of pyridine rings is 2. The molecule has 1 amide bonds. The van der Waals surface area contributed by atoms with Gasteiger partial charge in [0.1, 0.15) is 11.8 Å². The van der Waals surface area contributed by atoms with Gasteiger partial charge in [-0.1, -0.05) is 6.07 Å². The highest BCUT2D eigenvalue weighted by molar-refractivity contribution is 9.10. The van der Waals surface area contributed by atoms with E-state index in [0.29, 0.717) is 24.7 Å². The third-order valence-corrected chi connectivity index (χ3v) is 3.63. The van der Waals surface area contributed by atoms with Gasteiger partial charge in [-0.15, -0.1) is 0 Å². The molecule has 0 bridgehead atoms. The number of hydrogen-bond donors (Lipinski definition) is 0. The molecule has 1 aliphatic heterocycles. The molecule has 0 aromatic carbocycles. The molecule has 0 atom stereocenters. The number of nitrogens with zero attached hydrogens (tertiary/aromatic N) is 3. The molecule has 1 aliphatic rings. The van der Waals surface area contributed by atoms with E-state index in [4.69, 9.17) is 4.74 Å². The lowest BCUT2D eigenvalue weighted by atomic mass is 10.1. The van der Waals surface area contributed by atoms with Gasteiger partial charge in [-0.25, -0.2) is 4.98 Å². The molecule has 0 unspecified atom stereocenters. The first-order chi connectivity index (χ1) is 9.74. The molecule has 0 aliphatic carbocycles. The number of amides is 1. The second-order valence-electron chi connectivity index (χ2n) is 4.46. The Morgan fingerprint density at radius 1 is 1.20 bits per heavy atom. The third kappa shape index (κ3) is 2.65. The Bertz CT molecular complexity index is 615. The summed E-state index contributed by atoms with van der Waals surface area (Å²) in [5.41, 5.74) is 0.463. The Kier molecular flexibility index (Phi) is 3.64. The van der Waals surface area contributed by atoms with Gasteiger partial charge in [-0.2, -0.15) is 0 Å². The molecule has 0 spiro atoms. The second-order valence-corrected chi connectivity index (χ2v) is 5.31. The zero-order valence-corrected chi connectivity index (χ0v) is 12.2. The van der Waals surface area contributed by atoms with Crippen LogP contribution in [0, 0.1) is 0 Å². The fraction of sp³-hybridized carbons (Fsp3) is 0.214. The molecular weight excluding hydrogens is 322 g/mol. The van der Waals surface area contributed by atoms with Crippen molar-refractivity contribution in [3.05, 3.63) is 52.9 Å². The van der Waals surface area contributed by atoms with Crippen molar-refractivity contribution in [2.45, 2.75) is 6.10 Å². The minimum atomic E-state index is -0.0643. The standard InChI is InChI=1S/C14H12BrN3O2/c15-11-4-3-7-17-13(11)20-10-8-18(9-10)14(19)12-5-1-2-6-16-12/h1-7,10H,8-9H2. The lowest BCUT2D eigenvalue weighted by Crippen LogP contribution is -2.56. The summed E-state index contributed by atoms with van der Waals surface area (Å²) in [5.74, 6) is 0.493. The summed E-state index contributed by atoms with van der Waals surface area (Å²) in [6.07, 6.45) is 3.27. The van der Waals surface area contributed by atoms with Crippen molar-refractivity contribution in [2.75, 3.05) is 13.1 Å². The summed E-state index contributed by atoms with van der Waals surface area (Å²) in [6.45, 7) is 1.11. The second kappa shape index (κ2) is 5.58. The molecule has 2 aromatic rings. The first-order valence-corrected chi connectivity index (χ1v) is 7.01. The van der Waals surface area contributed by atoms with Gasteiger partial charge in [0.05, 0.1) is 17.6 Å². The molecule has 1 fully saturated rings. The molecule has 6 heteroatoms. The van der Waals surface area contributed by atoms with Crippen molar-refractivity contribution < 1.29 is 9.53 Å². The van der Waals surface area contributed by atoms with Crippen molar-refractivity contribution in [1.82, 2.24) is 14.9 Å². The number of carbonyl (C=O) groups is 1. The molecule has 3 heterocycles. The van der Waals surface area contributed by atoms with Crippen molar-refractivity contribution in [3.8, 4) is 5.88 Å². The van der Waals surface area contributed by atoms with Crippen molar-refractivity contribution in [1.29, 1.82) is 0 Å². The van der Waals surface area contributed by atoms with Gasteiger partial charge in [0, 0.05) is 12.4 Å². The van der Waals surface area contributed by atoms with E-state index < -0.39 is 0 Å². The maximum Gasteiger partial charge on any atom is 0.272 e. The summed E-state index contributed by atoms with van der Waals surface area (Å²) < 4.78 is 6.54. The first-order valence-electron chi connectivity index (χ1n) is 6.21. The van der Waals surface area contributed by atoms with Crippen molar-refractivity contribution in [2.24, 2.45) is 0 Å². The van der Waals surface area contributed by atoms with E-state index >= 15 is 0 Å². The van der Waals surface area contributed by atoms with Crippen LogP contribution in [0.3, 0.4) is 0 Å². The summed E-state index contributed by atoms with van der Waals surface area (Å²) in [4.78, 5) is 22.0. The topological polar surface area (TPSA) is 55.3 Å². The maximum absolute atomic E-state index is 12.1. The van der Waals surface area contributed by atoms with Crippen LogP contribution in [0.1, 0.15) is 10.5 Å². The molecule has 5 nitrogen and oxygen atoms in total. The quantitative estimate of drug-likeness (QED) is 0.863. The average Bonchev–Trinajstić information content (AvgIpc) is 2.44. The van der Waals surface area contributed by atoms with Crippen molar-refractivity contribution >= 4 is 21.8 Å². The molecule has 3 rings (SSSR count). The van der Waals surface area contributed by atoms with Gasteiger partial charge in [-0.05, 0) is 40.2 Å². The number of hydrogen-bond acceptors (Lipinski definition) is 4. The fourth-order valence-electron chi connectivity index (χ4n) is 1.95. The Morgan fingerprint density at radius 3 is 2.70 bits per heavy atom. The number of rotatable bonds is 3. The largest absolute Gasteiger partial charge is 0.470 e. The number of carbonyl (C=O) groups excluding carboxylic acids is 1. The fourth-order valence-corrected chi connectivity index (χ4v) is 2.29.